The van der Waals surface area contributed by atoms with Crippen molar-refractivity contribution in [2.75, 3.05) is 5.73 Å². The zero-order chi connectivity index (χ0) is 14.8. The van der Waals surface area contributed by atoms with E-state index in [1.807, 2.05) is 30.3 Å². The topological polar surface area (TPSA) is 48.1 Å². The molecule has 0 aliphatic rings. The molecule has 106 valence electrons. The average molecular weight is 286 g/mol. The Bertz CT molecular complexity index is 805. The summed E-state index contributed by atoms with van der Waals surface area (Å²) >= 11 is 0. The summed E-state index contributed by atoms with van der Waals surface area (Å²) in [4.78, 5) is 4.26. The highest BCUT2D eigenvalue weighted by Crippen LogP contribution is 2.22. The number of para-hydroxylation sites is 1. The molecule has 0 unspecified atom stereocenters. The fourth-order valence-corrected chi connectivity index (χ4v) is 2.03. The highest BCUT2D eigenvalue weighted by molar-refractivity contribution is 5.81. The summed E-state index contributed by atoms with van der Waals surface area (Å²) in [6, 6.07) is 12.4. The number of rotatable bonds is 3. The highest BCUT2D eigenvalue weighted by Gasteiger charge is 2.08. The molecule has 0 saturated heterocycles. The number of hydrogen-bond acceptors (Lipinski definition) is 3. The maximum Gasteiger partial charge on any atom is 0.165 e. The van der Waals surface area contributed by atoms with Crippen LogP contribution >= 0.6 is 0 Å². The zero-order valence-corrected chi connectivity index (χ0v) is 11.0. The van der Waals surface area contributed by atoms with Crippen molar-refractivity contribution in [1.29, 1.82) is 0 Å². The molecule has 2 N–H and O–H groups in total. The predicted octanol–water partition coefficient (Wildman–Crippen LogP) is 3.67. The Balaban J connectivity index is 1.88. The van der Waals surface area contributed by atoms with Gasteiger partial charge in [0.25, 0.3) is 0 Å². The third-order valence-corrected chi connectivity index (χ3v) is 3.11. The van der Waals surface area contributed by atoms with E-state index in [2.05, 4.69) is 4.98 Å². The van der Waals surface area contributed by atoms with Crippen LogP contribution in [-0.4, -0.2) is 4.98 Å². The summed E-state index contributed by atoms with van der Waals surface area (Å²) in [7, 11) is 0. The second-order valence-electron chi connectivity index (χ2n) is 4.59. The number of nitrogens with zero attached hydrogens (tertiary/aromatic N) is 1. The largest absolute Gasteiger partial charge is 0.486 e. The van der Waals surface area contributed by atoms with Crippen LogP contribution in [0.25, 0.3) is 10.9 Å². The van der Waals surface area contributed by atoms with Crippen LogP contribution in [0.15, 0.2) is 48.5 Å². The molecule has 0 amide bonds. The van der Waals surface area contributed by atoms with Crippen molar-refractivity contribution in [3.05, 3.63) is 65.7 Å². The van der Waals surface area contributed by atoms with E-state index in [0.29, 0.717) is 11.4 Å². The van der Waals surface area contributed by atoms with Crippen molar-refractivity contribution in [2.45, 2.75) is 6.61 Å². The Morgan fingerprint density at radius 3 is 2.71 bits per heavy atom. The molecule has 0 radical (unpaired) electrons. The molecule has 0 spiro atoms. The second kappa shape index (κ2) is 5.36. The lowest BCUT2D eigenvalue weighted by atomic mass is 10.1. The minimum Gasteiger partial charge on any atom is -0.486 e. The van der Waals surface area contributed by atoms with Gasteiger partial charge >= 0.3 is 0 Å². The number of hydrogen-bond donors (Lipinski definition) is 1. The van der Waals surface area contributed by atoms with Gasteiger partial charge in [-0.15, -0.1) is 0 Å². The van der Waals surface area contributed by atoms with E-state index < -0.39 is 11.6 Å². The molecule has 0 fully saturated rings. The van der Waals surface area contributed by atoms with E-state index in [-0.39, 0.29) is 12.4 Å². The van der Waals surface area contributed by atoms with E-state index in [0.717, 1.165) is 29.1 Å². The number of anilines is 1. The third-order valence-electron chi connectivity index (χ3n) is 3.11. The van der Waals surface area contributed by atoms with Crippen molar-refractivity contribution >= 4 is 16.7 Å². The van der Waals surface area contributed by atoms with E-state index in [1.165, 1.54) is 0 Å². The van der Waals surface area contributed by atoms with Gasteiger partial charge in [0.05, 0.1) is 5.52 Å². The van der Waals surface area contributed by atoms with Gasteiger partial charge in [-0.25, -0.2) is 13.8 Å². The third kappa shape index (κ3) is 2.76. The number of aromatic nitrogens is 1. The van der Waals surface area contributed by atoms with Crippen LogP contribution in [0.5, 0.6) is 5.75 Å². The van der Waals surface area contributed by atoms with Gasteiger partial charge in [0.15, 0.2) is 11.6 Å². The van der Waals surface area contributed by atoms with Gasteiger partial charge in [0, 0.05) is 17.0 Å². The van der Waals surface area contributed by atoms with Crippen LogP contribution in [-0.2, 0) is 6.61 Å². The number of fused-ring (bicyclic) bond motifs is 1. The Kier molecular flexibility index (Phi) is 3.39. The Morgan fingerprint density at radius 2 is 1.86 bits per heavy atom. The summed E-state index contributed by atoms with van der Waals surface area (Å²) in [5.74, 6) is -1.02. The molecule has 0 aliphatic carbocycles. The van der Waals surface area contributed by atoms with Gasteiger partial charge in [-0.2, -0.15) is 0 Å². The molecule has 3 nitrogen and oxygen atoms in total. The summed E-state index contributed by atoms with van der Waals surface area (Å²) in [5.41, 5.74) is 7.26. The van der Waals surface area contributed by atoms with Gasteiger partial charge in [-0.1, -0.05) is 18.2 Å². The van der Waals surface area contributed by atoms with Gasteiger partial charge in [-0.05, 0) is 24.3 Å². The van der Waals surface area contributed by atoms with Crippen molar-refractivity contribution in [2.24, 2.45) is 0 Å². The fourth-order valence-electron chi connectivity index (χ4n) is 2.03. The smallest absolute Gasteiger partial charge is 0.165 e. The molecule has 1 aromatic heterocycles. The first-order chi connectivity index (χ1) is 10.1. The van der Waals surface area contributed by atoms with Crippen molar-refractivity contribution in [1.82, 2.24) is 4.98 Å². The van der Waals surface area contributed by atoms with Crippen LogP contribution in [0.4, 0.5) is 14.6 Å². The van der Waals surface area contributed by atoms with Crippen LogP contribution in [0.2, 0.25) is 0 Å². The average Bonchev–Trinajstić information content (AvgIpc) is 2.48. The van der Waals surface area contributed by atoms with Crippen LogP contribution in [0.3, 0.4) is 0 Å². The number of ether oxygens (including phenoxy) is 1. The molecular formula is C16H12F2N2O. The first-order valence-corrected chi connectivity index (χ1v) is 6.35. The predicted molar refractivity (Wildman–Crippen MR) is 76.8 cm³/mol. The number of benzene rings is 2. The minimum absolute atomic E-state index is 0.0179. The van der Waals surface area contributed by atoms with E-state index in [4.69, 9.17) is 10.5 Å². The molecule has 3 aromatic rings. The maximum absolute atomic E-state index is 13.5. The number of nitrogen functional groups attached to an aromatic ring is 1. The van der Waals surface area contributed by atoms with Crippen LogP contribution in [0.1, 0.15) is 5.56 Å². The van der Waals surface area contributed by atoms with E-state index >= 15 is 0 Å². The molecule has 0 saturated carbocycles. The zero-order valence-electron chi connectivity index (χ0n) is 11.0. The summed E-state index contributed by atoms with van der Waals surface area (Å²) < 4.78 is 31.9. The lowest BCUT2D eigenvalue weighted by Crippen LogP contribution is -2.03. The minimum atomic E-state index is -0.622. The van der Waals surface area contributed by atoms with Crippen molar-refractivity contribution in [3.8, 4) is 5.75 Å². The molecule has 1 heterocycles. The highest BCUT2D eigenvalue weighted by atomic mass is 19.1. The molecule has 0 aliphatic heterocycles. The monoisotopic (exact) mass is 286 g/mol. The lowest BCUT2D eigenvalue weighted by molar-refractivity contribution is 0.289. The molecule has 3 rings (SSSR count). The first kappa shape index (κ1) is 13.3. The Hall–Kier alpha value is -2.69. The number of pyridine rings is 1. The molecule has 2 aromatic carbocycles. The Morgan fingerprint density at radius 1 is 1.05 bits per heavy atom. The van der Waals surface area contributed by atoms with Gasteiger partial charge in [0.1, 0.15) is 18.2 Å². The van der Waals surface area contributed by atoms with Crippen LogP contribution < -0.4 is 10.5 Å². The fraction of sp³-hybridized carbons (Fsp3) is 0.0625. The van der Waals surface area contributed by atoms with Crippen molar-refractivity contribution < 1.29 is 13.5 Å². The standard InChI is InChI=1S/C16H12F2N2O/c17-12-5-6-13(18)15(8-12)21-9-11-7-10-3-1-2-4-14(10)20-16(11)19/h1-8H,9H2,(H2,19,20). The van der Waals surface area contributed by atoms with Gasteiger partial charge in [0.2, 0.25) is 0 Å². The lowest BCUT2D eigenvalue weighted by Gasteiger charge is -2.10. The van der Waals surface area contributed by atoms with E-state index in [9.17, 15) is 8.78 Å². The number of nitrogens with two attached hydrogens (primary N) is 1. The molecule has 5 heteroatoms. The SMILES string of the molecule is Nc1nc2ccccc2cc1COc1cc(F)ccc1F. The normalized spacial score (nSPS) is 10.8. The van der Waals surface area contributed by atoms with Crippen molar-refractivity contribution in [3.63, 3.8) is 0 Å². The first-order valence-electron chi connectivity index (χ1n) is 6.35. The molecule has 0 atom stereocenters. The maximum atomic E-state index is 13.5. The number of halogens is 2. The summed E-state index contributed by atoms with van der Waals surface area (Å²) in [6.45, 7) is 0.0179. The quantitative estimate of drug-likeness (QED) is 0.799. The molecule has 0 bridgehead atoms. The summed E-state index contributed by atoms with van der Waals surface area (Å²) in [6.07, 6.45) is 0. The van der Waals surface area contributed by atoms with E-state index in [1.54, 1.807) is 0 Å². The summed E-state index contributed by atoms with van der Waals surface area (Å²) in [5, 5.41) is 0.907. The van der Waals surface area contributed by atoms with Gasteiger partial charge < -0.3 is 10.5 Å². The Labute approximate surface area is 120 Å². The second-order valence-corrected chi connectivity index (χ2v) is 4.59. The van der Waals surface area contributed by atoms with Gasteiger partial charge in [-0.3, -0.25) is 0 Å². The van der Waals surface area contributed by atoms with Crippen LogP contribution in [0, 0.1) is 11.6 Å². The molecule has 21 heavy (non-hydrogen) atoms. The molecular weight excluding hydrogens is 274 g/mol.